The van der Waals surface area contributed by atoms with Gasteiger partial charge in [0.05, 0.1) is 13.7 Å². The first kappa shape index (κ1) is 14.7. The average Bonchev–Trinajstić information content (AvgIpc) is 3.27. The van der Waals surface area contributed by atoms with E-state index in [0.29, 0.717) is 19.1 Å². The van der Waals surface area contributed by atoms with Crippen molar-refractivity contribution < 1.29 is 9.53 Å². The van der Waals surface area contributed by atoms with Crippen molar-refractivity contribution in [3.8, 4) is 5.75 Å². The fraction of sp³-hybridized carbons (Fsp3) is 0.533. The molecule has 1 fully saturated rings. The summed E-state index contributed by atoms with van der Waals surface area (Å²) in [6.45, 7) is 1.78. The van der Waals surface area contributed by atoms with Gasteiger partial charge in [0.2, 0.25) is 5.91 Å². The fourth-order valence-corrected chi connectivity index (χ4v) is 2.05. The number of ether oxygens (including phenoxy) is 1. The van der Waals surface area contributed by atoms with Crippen molar-refractivity contribution in [2.45, 2.75) is 25.3 Å². The topological polar surface area (TPSA) is 67.6 Å². The average molecular weight is 277 g/mol. The van der Waals surface area contributed by atoms with E-state index in [1.165, 1.54) is 0 Å². The van der Waals surface area contributed by atoms with Crippen LogP contribution in [0, 0.1) is 0 Å². The van der Waals surface area contributed by atoms with Gasteiger partial charge < -0.3 is 20.7 Å². The van der Waals surface area contributed by atoms with Crippen LogP contribution in [0.25, 0.3) is 0 Å². The minimum atomic E-state index is 0.0836. The van der Waals surface area contributed by atoms with Gasteiger partial charge in [-0.05, 0) is 50.1 Å². The van der Waals surface area contributed by atoms with Gasteiger partial charge in [0, 0.05) is 18.3 Å². The van der Waals surface area contributed by atoms with E-state index in [4.69, 9.17) is 10.5 Å². The van der Waals surface area contributed by atoms with E-state index in [-0.39, 0.29) is 5.91 Å². The van der Waals surface area contributed by atoms with Crippen LogP contribution in [0.1, 0.15) is 19.3 Å². The molecule has 3 N–H and O–H groups in total. The van der Waals surface area contributed by atoms with Crippen molar-refractivity contribution in [3.63, 3.8) is 0 Å². The highest BCUT2D eigenvalue weighted by Gasteiger charge is 2.24. The lowest BCUT2D eigenvalue weighted by Crippen LogP contribution is -2.39. The molecule has 5 heteroatoms. The summed E-state index contributed by atoms with van der Waals surface area (Å²) in [5.41, 5.74) is 6.59. The van der Waals surface area contributed by atoms with Crippen molar-refractivity contribution in [2.75, 3.05) is 31.6 Å². The normalized spacial score (nSPS) is 13.9. The number of carbonyl (C=O) groups is 1. The van der Waals surface area contributed by atoms with Gasteiger partial charge in [-0.25, -0.2) is 0 Å². The molecule has 110 valence electrons. The summed E-state index contributed by atoms with van der Waals surface area (Å²) in [6.07, 6.45) is 3.08. The van der Waals surface area contributed by atoms with E-state index >= 15 is 0 Å². The lowest BCUT2D eigenvalue weighted by atomic mass is 10.2. The molecular weight excluding hydrogens is 254 g/mol. The molecule has 5 nitrogen and oxygen atoms in total. The zero-order chi connectivity index (χ0) is 14.4. The van der Waals surface area contributed by atoms with Gasteiger partial charge in [0.25, 0.3) is 0 Å². The van der Waals surface area contributed by atoms with Crippen LogP contribution in [-0.4, -0.2) is 38.7 Å². The first-order chi connectivity index (χ1) is 9.72. The third kappa shape index (κ3) is 4.42. The van der Waals surface area contributed by atoms with Crippen LogP contribution < -0.4 is 20.7 Å². The monoisotopic (exact) mass is 277 g/mol. The Morgan fingerprint density at radius 1 is 1.40 bits per heavy atom. The molecule has 0 aromatic heterocycles. The molecule has 1 aromatic carbocycles. The number of nitrogens with two attached hydrogens (primary N) is 1. The molecule has 0 radical (unpaired) electrons. The molecule has 1 saturated carbocycles. The zero-order valence-corrected chi connectivity index (χ0v) is 12.0. The quantitative estimate of drug-likeness (QED) is 0.747. The number of methoxy groups -OCH3 is 1. The van der Waals surface area contributed by atoms with E-state index < -0.39 is 0 Å². The van der Waals surface area contributed by atoms with Gasteiger partial charge in [-0.3, -0.25) is 4.79 Å². The summed E-state index contributed by atoms with van der Waals surface area (Å²) in [7, 11) is 1.64. The molecule has 2 rings (SSSR count). The second-order valence-electron chi connectivity index (χ2n) is 5.10. The molecule has 1 aliphatic rings. The number of carbonyl (C=O) groups excluding carboxylic acids is 1. The van der Waals surface area contributed by atoms with Crippen molar-refractivity contribution in [1.29, 1.82) is 0 Å². The first-order valence-corrected chi connectivity index (χ1v) is 7.11. The first-order valence-electron chi connectivity index (χ1n) is 7.11. The third-order valence-corrected chi connectivity index (χ3v) is 3.35. The Hall–Kier alpha value is -1.75. The second-order valence-corrected chi connectivity index (χ2v) is 5.10. The lowest BCUT2D eigenvalue weighted by Gasteiger charge is -2.24. The number of nitrogens with zero attached hydrogens (tertiary/aromatic N) is 1. The number of hydrogen-bond donors (Lipinski definition) is 2. The van der Waals surface area contributed by atoms with E-state index in [1.807, 2.05) is 24.3 Å². The van der Waals surface area contributed by atoms with Gasteiger partial charge >= 0.3 is 0 Å². The predicted octanol–water partition coefficient (Wildman–Crippen LogP) is 1.13. The molecule has 0 saturated heterocycles. The van der Waals surface area contributed by atoms with E-state index in [2.05, 4.69) is 10.2 Å². The minimum Gasteiger partial charge on any atom is -0.497 e. The maximum atomic E-state index is 12.0. The van der Waals surface area contributed by atoms with Crippen molar-refractivity contribution in [3.05, 3.63) is 24.3 Å². The highest BCUT2D eigenvalue weighted by atomic mass is 16.5. The molecule has 1 aromatic rings. The number of rotatable bonds is 8. The molecule has 0 atom stereocenters. The van der Waals surface area contributed by atoms with Gasteiger partial charge in [-0.1, -0.05) is 0 Å². The lowest BCUT2D eigenvalue weighted by molar-refractivity contribution is -0.119. The summed E-state index contributed by atoms with van der Waals surface area (Å²) in [5, 5.41) is 3.02. The number of hydrogen-bond acceptors (Lipinski definition) is 4. The van der Waals surface area contributed by atoms with Gasteiger partial charge in [0.15, 0.2) is 0 Å². The molecule has 20 heavy (non-hydrogen) atoms. The minimum absolute atomic E-state index is 0.0836. The Bertz CT molecular complexity index is 429. The van der Waals surface area contributed by atoms with Gasteiger partial charge in [-0.2, -0.15) is 0 Å². The number of anilines is 1. The van der Waals surface area contributed by atoms with Crippen LogP contribution >= 0.6 is 0 Å². The Balaban J connectivity index is 1.98. The molecule has 1 aliphatic carbocycles. The molecule has 0 aliphatic heterocycles. The van der Waals surface area contributed by atoms with Gasteiger partial charge in [0.1, 0.15) is 5.75 Å². The number of nitrogens with one attached hydrogen (secondary N) is 1. The van der Waals surface area contributed by atoms with E-state index in [1.54, 1.807) is 7.11 Å². The Morgan fingerprint density at radius 2 is 2.10 bits per heavy atom. The SMILES string of the molecule is COc1ccc(N(CCCN)CC(=O)NC2CC2)cc1. The van der Waals surface area contributed by atoms with Crippen molar-refractivity contribution in [1.82, 2.24) is 5.32 Å². The van der Waals surface area contributed by atoms with E-state index in [0.717, 1.165) is 37.2 Å². The summed E-state index contributed by atoms with van der Waals surface area (Å²) in [6, 6.07) is 8.15. The molecule has 0 bridgehead atoms. The maximum absolute atomic E-state index is 12.0. The smallest absolute Gasteiger partial charge is 0.239 e. The zero-order valence-electron chi connectivity index (χ0n) is 12.0. The maximum Gasteiger partial charge on any atom is 0.239 e. The van der Waals surface area contributed by atoms with Crippen LogP contribution in [0.15, 0.2) is 24.3 Å². The molecule has 0 unspecified atom stereocenters. The molecule has 0 heterocycles. The summed E-state index contributed by atoms with van der Waals surface area (Å²) in [4.78, 5) is 14.0. The van der Waals surface area contributed by atoms with Gasteiger partial charge in [-0.15, -0.1) is 0 Å². The van der Waals surface area contributed by atoms with Crippen LogP contribution in [0.5, 0.6) is 5.75 Å². The largest absolute Gasteiger partial charge is 0.497 e. The Morgan fingerprint density at radius 3 is 2.65 bits per heavy atom. The van der Waals surface area contributed by atoms with Crippen molar-refractivity contribution in [2.24, 2.45) is 5.73 Å². The number of amides is 1. The highest BCUT2D eigenvalue weighted by Crippen LogP contribution is 2.21. The van der Waals surface area contributed by atoms with Crippen molar-refractivity contribution >= 4 is 11.6 Å². The molecule has 0 spiro atoms. The predicted molar refractivity (Wildman–Crippen MR) is 80.0 cm³/mol. The second kappa shape index (κ2) is 7.14. The van der Waals surface area contributed by atoms with E-state index in [9.17, 15) is 4.79 Å². The fourth-order valence-electron chi connectivity index (χ4n) is 2.05. The highest BCUT2D eigenvalue weighted by molar-refractivity contribution is 5.81. The van der Waals surface area contributed by atoms with Crippen LogP contribution in [0.2, 0.25) is 0 Å². The number of benzene rings is 1. The standard InChI is InChI=1S/C15H23N3O2/c1-20-14-7-5-13(6-8-14)18(10-2-9-16)11-15(19)17-12-3-4-12/h5-8,12H,2-4,9-11,16H2,1H3,(H,17,19). The van der Waals surface area contributed by atoms with Crippen LogP contribution in [0.4, 0.5) is 5.69 Å². The summed E-state index contributed by atoms with van der Waals surface area (Å²) >= 11 is 0. The Kier molecular flexibility index (Phi) is 5.24. The summed E-state index contributed by atoms with van der Waals surface area (Å²) < 4.78 is 5.15. The molecule has 1 amide bonds. The Labute approximate surface area is 120 Å². The van der Waals surface area contributed by atoms with Crippen LogP contribution in [-0.2, 0) is 4.79 Å². The van der Waals surface area contributed by atoms with Crippen LogP contribution in [0.3, 0.4) is 0 Å². The third-order valence-electron chi connectivity index (χ3n) is 3.35. The summed E-state index contributed by atoms with van der Waals surface area (Å²) in [5.74, 6) is 0.898. The molecular formula is C15H23N3O2.